The van der Waals surface area contributed by atoms with E-state index in [1.54, 1.807) is 0 Å². The number of rotatable bonds is 9. The van der Waals surface area contributed by atoms with Crippen LogP contribution in [0.5, 0.6) is 0 Å². The highest BCUT2D eigenvalue weighted by atomic mass is 35.5. The Labute approximate surface area is 142 Å². The highest BCUT2D eigenvalue weighted by Gasteiger charge is 2.27. The summed E-state index contributed by atoms with van der Waals surface area (Å²) in [5.74, 6) is 0.954. The van der Waals surface area contributed by atoms with Crippen molar-refractivity contribution in [2.24, 2.45) is 0 Å². The molecule has 10 heteroatoms. The molecule has 22 heavy (non-hydrogen) atoms. The van der Waals surface area contributed by atoms with Crippen LogP contribution in [-0.2, 0) is 19.6 Å². The summed E-state index contributed by atoms with van der Waals surface area (Å²) < 4.78 is 29.8. The van der Waals surface area contributed by atoms with Crippen molar-refractivity contribution in [1.29, 1.82) is 0 Å². The van der Waals surface area contributed by atoms with E-state index in [9.17, 15) is 13.2 Å². The number of thioether (sulfide) groups is 1. The second-order valence-electron chi connectivity index (χ2n) is 4.94. The van der Waals surface area contributed by atoms with Gasteiger partial charge in [-0.2, -0.15) is 16.1 Å². The molecule has 0 bridgehead atoms. The Bertz CT molecular complexity index is 435. The summed E-state index contributed by atoms with van der Waals surface area (Å²) in [6.07, 6.45) is 0.744. The fourth-order valence-electron chi connectivity index (χ4n) is 2.13. The number of carboxylic acids is 1. The third-order valence-electron chi connectivity index (χ3n) is 3.17. The van der Waals surface area contributed by atoms with Gasteiger partial charge in [-0.3, -0.25) is 9.69 Å². The summed E-state index contributed by atoms with van der Waals surface area (Å²) >= 11 is 1.86. The Kier molecular flexibility index (Phi) is 10.6. The highest BCUT2D eigenvalue weighted by molar-refractivity contribution is 7.99. The molecule has 0 radical (unpaired) electrons. The lowest BCUT2D eigenvalue weighted by molar-refractivity contribution is -0.137. The predicted molar refractivity (Wildman–Crippen MR) is 90.5 cm³/mol. The topological polar surface area (TPSA) is 87.2 Å². The summed E-state index contributed by atoms with van der Waals surface area (Å²) in [5, 5.41) is 8.81. The first-order valence-electron chi connectivity index (χ1n) is 6.91. The molecule has 7 nitrogen and oxygen atoms in total. The zero-order chi connectivity index (χ0) is 15.9. The van der Waals surface area contributed by atoms with Crippen molar-refractivity contribution in [3.05, 3.63) is 0 Å². The Morgan fingerprint density at radius 1 is 1.50 bits per heavy atom. The highest BCUT2D eigenvalue weighted by Crippen LogP contribution is 2.10. The zero-order valence-electron chi connectivity index (χ0n) is 12.9. The second-order valence-corrected chi connectivity index (χ2v) is 8.32. The van der Waals surface area contributed by atoms with Crippen LogP contribution in [0.1, 0.15) is 6.92 Å². The van der Waals surface area contributed by atoms with Gasteiger partial charge in [-0.15, -0.1) is 12.4 Å². The van der Waals surface area contributed by atoms with Crippen molar-refractivity contribution in [3.63, 3.8) is 0 Å². The average molecular weight is 377 g/mol. The normalized spacial score (nSPS) is 19.9. The Morgan fingerprint density at radius 3 is 2.73 bits per heavy atom. The molecule has 1 heterocycles. The van der Waals surface area contributed by atoms with Gasteiger partial charge in [0.05, 0.1) is 19.0 Å². The monoisotopic (exact) mass is 376 g/mol. The summed E-state index contributed by atoms with van der Waals surface area (Å²) in [7, 11) is -3.55. The molecule has 1 saturated heterocycles. The van der Waals surface area contributed by atoms with Crippen molar-refractivity contribution in [2.45, 2.75) is 13.0 Å². The van der Waals surface area contributed by atoms with Crippen LogP contribution in [-0.4, -0.2) is 91.9 Å². The van der Waals surface area contributed by atoms with Gasteiger partial charge in [0.1, 0.15) is 6.54 Å². The molecular formula is C12H25ClN2O5S2. The van der Waals surface area contributed by atoms with Crippen molar-refractivity contribution in [3.8, 4) is 0 Å². The molecule has 0 aromatic rings. The Hall–Kier alpha value is -0.0600. The van der Waals surface area contributed by atoms with Crippen molar-refractivity contribution < 1.29 is 23.1 Å². The molecule has 0 saturated carbocycles. The molecule has 1 fully saturated rings. The van der Waals surface area contributed by atoms with E-state index < -0.39 is 22.5 Å². The Morgan fingerprint density at radius 2 is 2.18 bits per heavy atom. The molecule has 1 aliphatic heterocycles. The minimum absolute atomic E-state index is 0. The first kappa shape index (κ1) is 21.9. The molecule has 0 amide bonds. The van der Waals surface area contributed by atoms with Gasteiger partial charge in [0.15, 0.2) is 0 Å². The third-order valence-corrected chi connectivity index (χ3v) is 5.26. The molecule has 0 aliphatic carbocycles. The molecule has 0 spiro atoms. The fourth-order valence-corrected chi connectivity index (χ4v) is 3.59. The molecule has 1 unspecified atom stereocenters. The first-order chi connectivity index (χ1) is 9.82. The number of ether oxygens (including phenoxy) is 1. The molecular weight excluding hydrogens is 352 g/mol. The van der Waals surface area contributed by atoms with E-state index in [4.69, 9.17) is 9.84 Å². The van der Waals surface area contributed by atoms with E-state index in [1.807, 2.05) is 11.8 Å². The lowest BCUT2D eigenvalue weighted by Gasteiger charge is -2.34. The molecule has 1 atom stereocenters. The van der Waals surface area contributed by atoms with Gasteiger partial charge in [-0.05, 0) is 5.75 Å². The number of carboxylic acid groups (broad SMARTS) is 1. The number of carbonyl (C=O) groups is 1. The minimum atomic E-state index is -3.55. The second kappa shape index (κ2) is 10.7. The van der Waals surface area contributed by atoms with Crippen molar-refractivity contribution in [2.75, 3.05) is 57.1 Å². The van der Waals surface area contributed by atoms with Crippen molar-refractivity contribution in [1.82, 2.24) is 9.21 Å². The lowest BCUT2D eigenvalue weighted by Crippen LogP contribution is -2.50. The van der Waals surface area contributed by atoms with Crippen molar-refractivity contribution >= 4 is 40.2 Å². The van der Waals surface area contributed by atoms with Crippen LogP contribution < -0.4 is 0 Å². The molecule has 1 rings (SSSR count). The van der Waals surface area contributed by atoms with Crippen LogP contribution in [0, 0.1) is 0 Å². The SMILES string of the molecule is CCSCCN1CCOC(CN(CC(=O)O)S(C)(=O)=O)C1.Cl. The van der Waals surface area contributed by atoms with Gasteiger partial charge < -0.3 is 9.84 Å². The summed E-state index contributed by atoms with van der Waals surface area (Å²) in [6.45, 7) is 4.63. The average Bonchev–Trinajstić information content (AvgIpc) is 2.37. The molecule has 0 aromatic heterocycles. The van der Waals surface area contributed by atoms with Crippen LogP contribution in [0.4, 0.5) is 0 Å². The third kappa shape index (κ3) is 8.54. The first-order valence-corrected chi connectivity index (χ1v) is 9.91. The van der Waals surface area contributed by atoms with Crippen LogP contribution in [0.25, 0.3) is 0 Å². The number of sulfonamides is 1. The predicted octanol–water partition coefficient (Wildman–Crippen LogP) is 0.208. The number of nitrogens with zero attached hydrogens (tertiary/aromatic N) is 2. The maximum absolute atomic E-state index is 11.6. The molecule has 132 valence electrons. The minimum Gasteiger partial charge on any atom is -0.480 e. The molecule has 1 N–H and O–H groups in total. The van der Waals surface area contributed by atoms with Crippen LogP contribution in [0.2, 0.25) is 0 Å². The summed E-state index contributed by atoms with van der Waals surface area (Å²) in [4.78, 5) is 13.0. The van der Waals surface area contributed by atoms with E-state index >= 15 is 0 Å². The summed E-state index contributed by atoms with van der Waals surface area (Å²) in [5.41, 5.74) is 0. The quantitative estimate of drug-likeness (QED) is 0.575. The fraction of sp³-hybridized carbons (Fsp3) is 0.917. The number of morpholine rings is 1. The van der Waals surface area contributed by atoms with Gasteiger partial charge in [0.25, 0.3) is 0 Å². The van der Waals surface area contributed by atoms with Gasteiger partial charge in [0, 0.05) is 31.9 Å². The number of hydrogen-bond donors (Lipinski definition) is 1. The van der Waals surface area contributed by atoms with Gasteiger partial charge in [-0.1, -0.05) is 6.92 Å². The number of halogens is 1. The maximum atomic E-state index is 11.6. The van der Waals surface area contributed by atoms with Gasteiger partial charge in [-0.25, -0.2) is 8.42 Å². The van der Waals surface area contributed by atoms with Gasteiger partial charge in [0.2, 0.25) is 10.0 Å². The Balaban J connectivity index is 0.00000441. The van der Waals surface area contributed by atoms with E-state index in [-0.39, 0.29) is 25.1 Å². The smallest absolute Gasteiger partial charge is 0.318 e. The number of hydrogen-bond acceptors (Lipinski definition) is 6. The zero-order valence-corrected chi connectivity index (χ0v) is 15.4. The van der Waals surface area contributed by atoms with E-state index in [1.165, 1.54) is 0 Å². The standard InChI is InChI=1S/C12H24N2O5S2.ClH/c1-3-20-7-5-13-4-6-19-11(8-13)9-14(10-12(15)16)21(2,17)18;/h11H,3-10H2,1-2H3,(H,15,16);1H. The van der Waals surface area contributed by atoms with Crippen LogP contribution in [0.3, 0.4) is 0 Å². The van der Waals surface area contributed by atoms with E-state index in [0.29, 0.717) is 13.2 Å². The molecule has 1 aliphatic rings. The largest absolute Gasteiger partial charge is 0.480 e. The van der Waals surface area contributed by atoms with Crippen LogP contribution >= 0.6 is 24.2 Å². The van der Waals surface area contributed by atoms with E-state index in [2.05, 4.69) is 11.8 Å². The molecule has 0 aromatic carbocycles. The maximum Gasteiger partial charge on any atom is 0.318 e. The summed E-state index contributed by atoms with van der Waals surface area (Å²) in [6, 6.07) is 0. The lowest BCUT2D eigenvalue weighted by atomic mass is 10.2. The number of aliphatic carboxylic acids is 1. The van der Waals surface area contributed by atoms with Gasteiger partial charge >= 0.3 is 5.97 Å². The van der Waals surface area contributed by atoms with E-state index in [0.717, 1.165) is 35.2 Å². The van der Waals surface area contributed by atoms with Crippen LogP contribution in [0.15, 0.2) is 0 Å².